The second-order valence-electron chi connectivity index (χ2n) is 4.52. The van der Waals surface area contributed by atoms with Gasteiger partial charge in [-0.1, -0.05) is 6.07 Å². The second kappa shape index (κ2) is 4.23. The Morgan fingerprint density at radius 1 is 1.13 bits per heavy atom. The van der Waals surface area contributed by atoms with Gasteiger partial charge in [0.1, 0.15) is 11.9 Å². The van der Waals surface area contributed by atoms with E-state index in [9.17, 15) is 0 Å². The van der Waals surface area contributed by atoms with Crippen molar-refractivity contribution in [3.8, 4) is 5.75 Å². The van der Waals surface area contributed by atoms with Gasteiger partial charge < -0.3 is 10.1 Å². The van der Waals surface area contributed by atoms with E-state index in [4.69, 9.17) is 4.74 Å². The molecule has 0 spiro atoms. The van der Waals surface area contributed by atoms with Crippen LogP contribution in [0.1, 0.15) is 24.0 Å². The fraction of sp³-hybridized carbons (Fsp3) is 0.538. The zero-order valence-electron chi connectivity index (χ0n) is 9.71. The van der Waals surface area contributed by atoms with Crippen LogP contribution in [-0.2, 0) is 0 Å². The number of benzene rings is 1. The fourth-order valence-electron chi connectivity index (χ4n) is 2.09. The predicted molar refractivity (Wildman–Crippen MR) is 62.4 cm³/mol. The molecule has 82 valence electrons. The van der Waals surface area contributed by atoms with E-state index in [1.807, 2.05) is 7.05 Å². The van der Waals surface area contributed by atoms with Crippen molar-refractivity contribution in [2.75, 3.05) is 7.05 Å². The number of ether oxygens (including phenoxy) is 1. The molecule has 0 aliphatic heterocycles. The standard InChI is InChI=1S/C13H19NO/c1-9-4-10(2)6-12(5-9)15-13-7-11(8-13)14-3/h4-6,11,13-14H,7-8H2,1-3H3. The molecule has 2 rings (SSSR count). The Bertz CT molecular complexity index is 322. The van der Waals surface area contributed by atoms with E-state index in [2.05, 4.69) is 37.4 Å². The molecule has 1 aliphatic carbocycles. The fourth-order valence-corrected chi connectivity index (χ4v) is 2.09. The van der Waals surface area contributed by atoms with E-state index in [0.29, 0.717) is 12.1 Å². The second-order valence-corrected chi connectivity index (χ2v) is 4.52. The zero-order valence-corrected chi connectivity index (χ0v) is 9.71. The lowest BCUT2D eigenvalue weighted by Gasteiger charge is -2.35. The Hall–Kier alpha value is -1.02. The van der Waals surface area contributed by atoms with Gasteiger partial charge in [-0.2, -0.15) is 0 Å². The van der Waals surface area contributed by atoms with Crippen LogP contribution in [0.2, 0.25) is 0 Å². The van der Waals surface area contributed by atoms with Crippen molar-refractivity contribution >= 4 is 0 Å². The monoisotopic (exact) mass is 205 g/mol. The first-order chi connectivity index (χ1) is 7.17. The molecule has 0 saturated heterocycles. The van der Waals surface area contributed by atoms with Crippen LogP contribution in [0.5, 0.6) is 5.75 Å². The van der Waals surface area contributed by atoms with Gasteiger partial charge in [0, 0.05) is 6.04 Å². The molecule has 0 radical (unpaired) electrons. The van der Waals surface area contributed by atoms with Crippen molar-refractivity contribution < 1.29 is 4.74 Å². The van der Waals surface area contributed by atoms with Gasteiger partial charge >= 0.3 is 0 Å². The Balaban J connectivity index is 1.94. The summed E-state index contributed by atoms with van der Waals surface area (Å²) in [6.45, 7) is 4.22. The van der Waals surface area contributed by atoms with Crippen LogP contribution >= 0.6 is 0 Å². The van der Waals surface area contributed by atoms with E-state index < -0.39 is 0 Å². The summed E-state index contributed by atoms with van der Waals surface area (Å²) < 4.78 is 5.90. The van der Waals surface area contributed by atoms with Gasteiger partial charge in [-0.15, -0.1) is 0 Å². The number of rotatable bonds is 3. The van der Waals surface area contributed by atoms with Crippen LogP contribution in [0.4, 0.5) is 0 Å². The molecule has 0 unspecified atom stereocenters. The van der Waals surface area contributed by atoms with Crippen LogP contribution < -0.4 is 10.1 Å². The molecule has 1 aliphatic rings. The van der Waals surface area contributed by atoms with Crippen LogP contribution in [0.25, 0.3) is 0 Å². The average molecular weight is 205 g/mol. The first-order valence-electron chi connectivity index (χ1n) is 5.59. The third kappa shape index (κ3) is 2.51. The van der Waals surface area contributed by atoms with E-state index in [-0.39, 0.29) is 0 Å². The normalized spacial score (nSPS) is 24.7. The lowest BCUT2D eigenvalue weighted by molar-refractivity contribution is 0.0884. The van der Waals surface area contributed by atoms with Gasteiger partial charge in [0.2, 0.25) is 0 Å². The minimum atomic E-state index is 0.406. The quantitative estimate of drug-likeness (QED) is 0.818. The molecule has 1 fully saturated rings. The third-order valence-corrected chi connectivity index (χ3v) is 3.00. The zero-order chi connectivity index (χ0) is 10.8. The van der Waals surface area contributed by atoms with E-state index in [0.717, 1.165) is 18.6 Å². The maximum absolute atomic E-state index is 5.90. The number of aryl methyl sites for hydroxylation is 2. The van der Waals surface area contributed by atoms with Gasteiger partial charge in [-0.3, -0.25) is 0 Å². The highest BCUT2D eigenvalue weighted by molar-refractivity contribution is 5.33. The molecule has 2 heteroatoms. The predicted octanol–water partition coefficient (Wildman–Crippen LogP) is 2.43. The minimum absolute atomic E-state index is 0.406. The molecule has 0 bridgehead atoms. The highest BCUT2D eigenvalue weighted by Crippen LogP contribution is 2.26. The first kappa shape index (κ1) is 10.5. The van der Waals surface area contributed by atoms with E-state index >= 15 is 0 Å². The summed E-state index contributed by atoms with van der Waals surface area (Å²) >= 11 is 0. The summed E-state index contributed by atoms with van der Waals surface area (Å²) in [5, 5.41) is 3.26. The highest BCUT2D eigenvalue weighted by Gasteiger charge is 2.29. The Labute approximate surface area is 91.6 Å². The van der Waals surface area contributed by atoms with Crippen LogP contribution in [-0.4, -0.2) is 19.2 Å². The molecule has 15 heavy (non-hydrogen) atoms. The highest BCUT2D eigenvalue weighted by atomic mass is 16.5. The lowest BCUT2D eigenvalue weighted by atomic mass is 9.89. The summed E-state index contributed by atoms with van der Waals surface area (Å²) in [6, 6.07) is 7.05. The number of hydrogen-bond donors (Lipinski definition) is 1. The number of nitrogens with one attached hydrogen (secondary N) is 1. The van der Waals surface area contributed by atoms with Gasteiger partial charge in [-0.05, 0) is 57.0 Å². The topological polar surface area (TPSA) is 21.3 Å². The SMILES string of the molecule is CNC1CC(Oc2cc(C)cc(C)c2)C1. The minimum Gasteiger partial charge on any atom is -0.490 e. The molecule has 0 amide bonds. The molecule has 1 N–H and O–H groups in total. The molecule has 2 nitrogen and oxygen atoms in total. The summed E-state index contributed by atoms with van der Waals surface area (Å²) in [5.74, 6) is 1.02. The van der Waals surface area contributed by atoms with Crippen LogP contribution in [0, 0.1) is 13.8 Å². The van der Waals surface area contributed by atoms with Crippen molar-refractivity contribution in [2.24, 2.45) is 0 Å². The van der Waals surface area contributed by atoms with Gasteiger partial charge in [-0.25, -0.2) is 0 Å². The third-order valence-electron chi connectivity index (χ3n) is 3.00. The van der Waals surface area contributed by atoms with Crippen molar-refractivity contribution in [3.63, 3.8) is 0 Å². The van der Waals surface area contributed by atoms with Crippen LogP contribution in [0.3, 0.4) is 0 Å². The molecule has 1 saturated carbocycles. The van der Waals surface area contributed by atoms with Crippen molar-refractivity contribution in [2.45, 2.75) is 38.8 Å². The van der Waals surface area contributed by atoms with Gasteiger partial charge in [0.05, 0.1) is 0 Å². The molecule has 1 aromatic rings. The molecule has 1 aromatic carbocycles. The Morgan fingerprint density at radius 3 is 2.27 bits per heavy atom. The molecule has 0 atom stereocenters. The molecular weight excluding hydrogens is 186 g/mol. The Morgan fingerprint density at radius 2 is 1.73 bits per heavy atom. The summed E-state index contributed by atoms with van der Waals surface area (Å²) in [6.07, 6.45) is 2.66. The molecule has 0 aromatic heterocycles. The van der Waals surface area contributed by atoms with Gasteiger partial charge in [0.15, 0.2) is 0 Å². The number of hydrogen-bond acceptors (Lipinski definition) is 2. The average Bonchev–Trinajstić information content (AvgIpc) is 2.08. The summed E-state index contributed by atoms with van der Waals surface area (Å²) in [5.41, 5.74) is 2.55. The smallest absolute Gasteiger partial charge is 0.120 e. The largest absolute Gasteiger partial charge is 0.490 e. The molecular formula is C13H19NO. The molecule has 0 heterocycles. The van der Waals surface area contributed by atoms with Gasteiger partial charge in [0.25, 0.3) is 0 Å². The summed E-state index contributed by atoms with van der Waals surface area (Å²) in [7, 11) is 2.01. The maximum Gasteiger partial charge on any atom is 0.120 e. The van der Waals surface area contributed by atoms with Crippen molar-refractivity contribution in [1.82, 2.24) is 5.32 Å². The summed E-state index contributed by atoms with van der Waals surface area (Å²) in [4.78, 5) is 0. The van der Waals surface area contributed by atoms with Crippen molar-refractivity contribution in [3.05, 3.63) is 29.3 Å². The maximum atomic E-state index is 5.90. The van der Waals surface area contributed by atoms with E-state index in [1.165, 1.54) is 11.1 Å². The first-order valence-corrected chi connectivity index (χ1v) is 5.59. The Kier molecular flexibility index (Phi) is 2.96. The van der Waals surface area contributed by atoms with E-state index in [1.54, 1.807) is 0 Å². The van der Waals surface area contributed by atoms with Crippen LogP contribution in [0.15, 0.2) is 18.2 Å². The lowest BCUT2D eigenvalue weighted by Crippen LogP contribution is -2.45. The van der Waals surface area contributed by atoms with Crippen molar-refractivity contribution in [1.29, 1.82) is 0 Å².